The molecule has 156 valence electrons. The first kappa shape index (κ1) is 23.2. The summed E-state index contributed by atoms with van der Waals surface area (Å²) >= 11 is 12.6. The van der Waals surface area contributed by atoms with Gasteiger partial charge in [-0.25, -0.2) is 0 Å². The Hall–Kier alpha value is -2.04. The molecule has 2 amide bonds. The van der Waals surface area contributed by atoms with Crippen molar-refractivity contribution in [2.24, 2.45) is 0 Å². The lowest BCUT2D eigenvalue weighted by molar-refractivity contribution is -0.140. The van der Waals surface area contributed by atoms with Crippen molar-refractivity contribution in [3.8, 4) is 0 Å². The molecule has 0 bridgehead atoms. The van der Waals surface area contributed by atoms with Gasteiger partial charge < -0.3 is 10.2 Å². The average Bonchev–Trinajstić information content (AvgIpc) is 2.72. The van der Waals surface area contributed by atoms with Crippen molar-refractivity contribution in [3.05, 3.63) is 69.7 Å². The second-order valence-electron chi connectivity index (χ2n) is 7.20. The van der Waals surface area contributed by atoms with Crippen molar-refractivity contribution in [2.75, 3.05) is 0 Å². The number of rotatable bonds is 9. The Balaban J connectivity index is 2.21. The summed E-state index contributed by atoms with van der Waals surface area (Å²) in [4.78, 5) is 27.4. The number of nitrogens with one attached hydrogen (secondary N) is 1. The molecule has 2 aromatic rings. The molecule has 0 unspecified atom stereocenters. The van der Waals surface area contributed by atoms with Crippen LogP contribution in [-0.2, 0) is 22.6 Å². The third-order valence-electron chi connectivity index (χ3n) is 5.03. The van der Waals surface area contributed by atoms with Crippen molar-refractivity contribution in [1.82, 2.24) is 10.2 Å². The van der Waals surface area contributed by atoms with E-state index in [1.165, 1.54) is 0 Å². The van der Waals surface area contributed by atoms with Gasteiger partial charge in [0.05, 0.1) is 0 Å². The van der Waals surface area contributed by atoms with Gasteiger partial charge in [-0.15, -0.1) is 0 Å². The highest BCUT2D eigenvalue weighted by molar-refractivity contribution is 6.36. The highest BCUT2D eigenvalue weighted by Crippen LogP contribution is 2.27. The lowest BCUT2D eigenvalue weighted by atomic mass is 10.1. The second-order valence-corrected chi connectivity index (χ2v) is 8.02. The minimum absolute atomic E-state index is 0.0372. The van der Waals surface area contributed by atoms with E-state index in [1.807, 2.05) is 44.2 Å². The van der Waals surface area contributed by atoms with Gasteiger partial charge in [0.1, 0.15) is 6.04 Å². The van der Waals surface area contributed by atoms with Gasteiger partial charge in [-0.05, 0) is 44.4 Å². The Labute approximate surface area is 183 Å². The Morgan fingerprint density at radius 1 is 1.00 bits per heavy atom. The van der Waals surface area contributed by atoms with Crippen LogP contribution in [0.15, 0.2) is 48.5 Å². The van der Waals surface area contributed by atoms with Gasteiger partial charge in [-0.2, -0.15) is 0 Å². The zero-order valence-corrected chi connectivity index (χ0v) is 18.6. The van der Waals surface area contributed by atoms with Crippen LogP contribution in [0.4, 0.5) is 0 Å². The molecule has 0 fully saturated rings. The van der Waals surface area contributed by atoms with E-state index in [2.05, 4.69) is 5.32 Å². The lowest BCUT2D eigenvalue weighted by Crippen LogP contribution is -2.49. The molecule has 0 saturated carbocycles. The third-order valence-corrected chi connectivity index (χ3v) is 5.74. The first-order valence-electron chi connectivity index (χ1n) is 9.90. The predicted octanol–water partition coefficient (Wildman–Crippen LogP) is 5.26. The molecule has 0 saturated heterocycles. The minimum atomic E-state index is -0.639. The number of nitrogens with zero attached hydrogens (tertiary/aromatic N) is 1. The Kier molecular flexibility index (Phi) is 8.99. The summed E-state index contributed by atoms with van der Waals surface area (Å²) in [6.07, 6.45) is 1.72. The third kappa shape index (κ3) is 6.76. The summed E-state index contributed by atoms with van der Waals surface area (Å²) in [5, 5.41) is 3.91. The van der Waals surface area contributed by atoms with Gasteiger partial charge in [-0.1, -0.05) is 66.5 Å². The number of hydrogen-bond donors (Lipinski definition) is 1. The van der Waals surface area contributed by atoms with Gasteiger partial charge in [0.2, 0.25) is 11.8 Å². The predicted molar refractivity (Wildman–Crippen MR) is 119 cm³/mol. The van der Waals surface area contributed by atoms with Crippen LogP contribution in [-0.4, -0.2) is 28.8 Å². The number of amides is 2. The highest BCUT2D eigenvalue weighted by atomic mass is 35.5. The van der Waals surface area contributed by atoms with E-state index >= 15 is 0 Å². The maximum atomic E-state index is 13.1. The zero-order valence-electron chi connectivity index (χ0n) is 17.1. The molecule has 0 aromatic heterocycles. The van der Waals surface area contributed by atoms with E-state index in [0.717, 1.165) is 12.0 Å². The molecular weight excluding hydrogens is 407 g/mol. The molecule has 4 nitrogen and oxygen atoms in total. The molecule has 0 aliphatic heterocycles. The molecule has 0 heterocycles. The molecule has 6 heteroatoms. The van der Waals surface area contributed by atoms with Gasteiger partial charge in [0, 0.05) is 34.6 Å². The second kappa shape index (κ2) is 11.2. The maximum absolute atomic E-state index is 13.1. The van der Waals surface area contributed by atoms with E-state index in [9.17, 15) is 9.59 Å². The molecule has 1 N–H and O–H groups in total. The topological polar surface area (TPSA) is 49.4 Å². The van der Waals surface area contributed by atoms with Crippen molar-refractivity contribution >= 4 is 35.0 Å². The summed E-state index contributed by atoms with van der Waals surface area (Å²) in [6, 6.07) is 14.4. The maximum Gasteiger partial charge on any atom is 0.242 e. The van der Waals surface area contributed by atoms with Crippen molar-refractivity contribution in [1.29, 1.82) is 0 Å². The molecule has 2 rings (SSSR count). The molecule has 0 aliphatic rings. The van der Waals surface area contributed by atoms with Gasteiger partial charge in [0.25, 0.3) is 0 Å². The quantitative estimate of drug-likeness (QED) is 0.584. The SMILES string of the molecule is CC[C@H](C)NC(=O)[C@H](C)N(Cc1c(Cl)cccc1Cl)C(=O)CCc1ccccc1. The normalized spacial score (nSPS) is 12.9. The largest absolute Gasteiger partial charge is 0.352 e. The Morgan fingerprint density at radius 3 is 2.21 bits per heavy atom. The minimum Gasteiger partial charge on any atom is -0.352 e. The monoisotopic (exact) mass is 434 g/mol. The number of carbonyl (C=O) groups is 2. The number of aryl methyl sites for hydroxylation is 1. The standard InChI is InChI=1S/C23H28Cl2N2O2/c1-4-16(2)26-23(29)17(3)27(15-19-20(24)11-8-12-21(19)25)22(28)14-13-18-9-6-5-7-10-18/h5-12,16-17H,4,13-15H2,1-3H3,(H,26,29)/t16-,17-/m0/s1. The molecule has 2 atom stereocenters. The number of halogens is 2. The van der Waals surface area contributed by atoms with Crippen LogP contribution in [0.3, 0.4) is 0 Å². The molecule has 29 heavy (non-hydrogen) atoms. The van der Waals surface area contributed by atoms with Crippen molar-refractivity contribution < 1.29 is 9.59 Å². The summed E-state index contributed by atoms with van der Waals surface area (Å²) in [5.41, 5.74) is 1.72. The van der Waals surface area contributed by atoms with E-state index in [-0.39, 0.29) is 24.4 Å². The molecule has 0 spiro atoms. The molecule has 0 aliphatic carbocycles. The number of hydrogen-bond acceptors (Lipinski definition) is 2. The first-order valence-corrected chi connectivity index (χ1v) is 10.7. The van der Waals surface area contributed by atoms with E-state index in [4.69, 9.17) is 23.2 Å². The lowest BCUT2D eigenvalue weighted by Gasteiger charge is -2.30. The number of benzene rings is 2. The van der Waals surface area contributed by atoms with Crippen LogP contribution in [0, 0.1) is 0 Å². The smallest absolute Gasteiger partial charge is 0.242 e. The van der Waals surface area contributed by atoms with E-state index in [0.29, 0.717) is 28.5 Å². The van der Waals surface area contributed by atoms with Crippen LogP contribution in [0.5, 0.6) is 0 Å². The molecular formula is C23H28Cl2N2O2. The Bertz CT molecular complexity index is 807. The van der Waals surface area contributed by atoms with Crippen LogP contribution in [0.2, 0.25) is 10.0 Å². The zero-order chi connectivity index (χ0) is 21.4. The fraction of sp³-hybridized carbons (Fsp3) is 0.391. The first-order chi connectivity index (χ1) is 13.8. The van der Waals surface area contributed by atoms with E-state index < -0.39 is 6.04 Å². The van der Waals surface area contributed by atoms with Crippen LogP contribution in [0.25, 0.3) is 0 Å². The Morgan fingerprint density at radius 2 is 1.62 bits per heavy atom. The van der Waals surface area contributed by atoms with Crippen molar-refractivity contribution in [2.45, 2.75) is 58.7 Å². The van der Waals surface area contributed by atoms with Crippen LogP contribution >= 0.6 is 23.2 Å². The summed E-state index contributed by atoms with van der Waals surface area (Å²) in [6.45, 7) is 5.86. The average molecular weight is 435 g/mol. The highest BCUT2D eigenvalue weighted by Gasteiger charge is 2.27. The van der Waals surface area contributed by atoms with Gasteiger partial charge >= 0.3 is 0 Å². The van der Waals surface area contributed by atoms with Crippen molar-refractivity contribution in [3.63, 3.8) is 0 Å². The van der Waals surface area contributed by atoms with Crippen LogP contribution < -0.4 is 5.32 Å². The number of carbonyl (C=O) groups excluding carboxylic acids is 2. The summed E-state index contributed by atoms with van der Waals surface area (Å²) in [7, 11) is 0. The van der Waals surface area contributed by atoms with E-state index in [1.54, 1.807) is 30.0 Å². The van der Waals surface area contributed by atoms with Gasteiger partial charge in [-0.3, -0.25) is 9.59 Å². The molecule has 0 radical (unpaired) electrons. The van der Waals surface area contributed by atoms with Crippen LogP contribution in [0.1, 0.15) is 44.7 Å². The summed E-state index contributed by atoms with van der Waals surface area (Å²) < 4.78 is 0. The molecule has 2 aromatic carbocycles. The fourth-order valence-electron chi connectivity index (χ4n) is 2.94. The fourth-order valence-corrected chi connectivity index (χ4v) is 3.46. The van der Waals surface area contributed by atoms with Gasteiger partial charge in [0.15, 0.2) is 0 Å². The summed E-state index contributed by atoms with van der Waals surface area (Å²) in [5.74, 6) is -0.299.